The van der Waals surface area contributed by atoms with Gasteiger partial charge in [-0.3, -0.25) is 0 Å². The molecule has 0 fully saturated rings. The van der Waals surface area contributed by atoms with Crippen molar-refractivity contribution >= 4 is 6.16 Å². The van der Waals surface area contributed by atoms with Gasteiger partial charge in [0, 0.05) is 0 Å². The second kappa shape index (κ2) is 4.04. The molecular formula is C4H9NO5. The average molecular weight is 151 g/mol. The normalized spacial score (nSPS) is 15.9. The van der Waals surface area contributed by atoms with Crippen LogP contribution >= 0.6 is 0 Å². The van der Waals surface area contributed by atoms with Crippen LogP contribution in [0.25, 0.3) is 0 Å². The van der Waals surface area contributed by atoms with Gasteiger partial charge in [-0.2, -0.15) is 0 Å². The Morgan fingerprint density at radius 1 is 1.60 bits per heavy atom. The summed E-state index contributed by atoms with van der Waals surface area (Å²) in [7, 11) is 0. The van der Waals surface area contributed by atoms with E-state index >= 15 is 0 Å². The Morgan fingerprint density at radius 2 is 2.10 bits per heavy atom. The van der Waals surface area contributed by atoms with E-state index in [2.05, 4.69) is 4.84 Å². The summed E-state index contributed by atoms with van der Waals surface area (Å²) in [5.74, 6) is 0. The van der Waals surface area contributed by atoms with Crippen LogP contribution in [0, 0.1) is 0 Å². The third-order valence-electron chi connectivity index (χ3n) is 0.724. The van der Waals surface area contributed by atoms with E-state index < -0.39 is 18.5 Å². The maximum absolute atomic E-state index is 9.65. The first-order chi connectivity index (χ1) is 4.54. The molecule has 0 amide bonds. The Hall–Kier alpha value is -0.850. The molecule has 0 aromatic rings. The van der Waals surface area contributed by atoms with Gasteiger partial charge in [0.1, 0.15) is 0 Å². The van der Waals surface area contributed by atoms with Crippen molar-refractivity contribution in [1.29, 1.82) is 0 Å². The fourth-order valence-corrected chi connectivity index (χ4v) is 0.209. The van der Waals surface area contributed by atoms with Crippen molar-refractivity contribution in [2.75, 3.05) is 0 Å². The number of rotatable bonds is 3. The number of hydrogen-bond acceptors (Lipinski definition) is 5. The highest BCUT2D eigenvalue weighted by molar-refractivity contribution is 5.56. The van der Waals surface area contributed by atoms with Gasteiger partial charge in [0.15, 0.2) is 6.23 Å². The monoisotopic (exact) mass is 151 g/mol. The fourth-order valence-electron chi connectivity index (χ4n) is 0.209. The third-order valence-corrected chi connectivity index (χ3v) is 0.724. The van der Waals surface area contributed by atoms with Gasteiger partial charge < -0.3 is 20.2 Å². The lowest BCUT2D eigenvalue weighted by Crippen LogP contribution is -2.39. The molecule has 2 atom stereocenters. The van der Waals surface area contributed by atoms with Crippen molar-refractivity contribution in [2.45, 2.75) is 19.3 Å². The standard InChI is InChI=1S/C4H9NO5/c1-2(6)3(7)5-10-4(8)9/h2-3,5-7H,1H3,(H,8,9). The van der Waals surface area contributed by atoms with Gasteiger partial charge in [-0.15, -0.1) is 5.48 Å². The Morgan fingerprint density at radius 3 is 2.40 bits per heavy atom. The third kappa shape index (κ3) is 4.07. The lowest BCUT2D eigenvalue weighted by molar-refractivity contribution is -0.0821. The van der Waals surface area contributed by atoms with E-state index in [4.69, 9.17) is 15.3 Å². The molecule has 4 N–H and O–H groups in total. The van der Waals surface area contributed by atoms with Crippen molar-refractivity contribution in [3.05, 3.63) is 0 Å². The van der Waals surface area contributed by atoms with Gasteiger partial charge in [-0.1, -0.05) is 0 Å². The van der Waals surface area contributed by atoms with Gasteiger partial charge >= 0.3 is 6.16 Å². The summed E-state index contributed by atoms with van der Waals surface area (Å²) in [6.45, 7) is 1.28. The number of aliphatic hydroxyl groups excluding tert-OH is 2. The number of carbonyl (C=O) groups is 1. The number of hydroxylamine groups is 1. The molecule has 0 aliphatic rings. The molecule has 0 spiro atoms. The molecule has 0 aromatic carbocycles. The largest absolute Gasteiger partial charge is 0.525 e. The first kappa shape index (κ1) is 9.15. The van der Waals surface area contributed by atoms with Crippen LogP contribution in [-0.4, -0.2) is 33.8 Å². The predicted molar refractivity (Wildman–Crippen MR) is 29.9 cm³/mol. The Balaban J connectivity index is 3.39. The van der Waals surface area contributed by atoms with Crippen LogP contribution in [0.15, 0.2) is 0 Å². The Labute approximate surface area is 57.0 Å². The van der Waals surface area contributed by atoms with Crippen molar-refractivity contribution in [3.8, 4) is 0 Å². The van der Waals surface area contributed by atoms with Gasteiger partial charge in [-0.05, 0) is 6.92 Å². The van der Waals surface area contributed by atoms with Gasteiger partial charge in [0.05, 0.1) is 6.10 Å². The lowest BCUT2D eigenvalue weighted by Gasteiger charge is -2.12. The van der Waals surface area contributed by atoms with Crippen LogP contribution in [0.4, 0.5) is 4.79 Å². The van der Waals surface area contributed by atoms with Crippen molar-refractivity contribution in [2.24, 2.45) is 0 Å². The second-order valence-electron chi connectivity index (χ2n) is 1.67. The minimum atomic E-state index is -1.57. The fraction of sp³-hybridized carbons (Fsp3) is 0.750. The molecule has 0 heterocycles. The highest BCUT2D eigenvalue weighted by Gasteiger charge is 2.11. The zero-order valence-electron chi connectivity index (χ0n) is 5.31. The second-order valence-corrected chi connectivity index (χ2v) is 1.67. The first-order valence-electron chi connectivity index (χ1n) is 2.55. The topological polar surface area (TPSA) is 99.0 Å². The van der Waals surface area contributed by atoms with Crippen LogP contribution in [0.5, 0.6) is 0 Å². The van der Waals surface area contributed by atoms with E-state index in [9.17, 15) is 4.79 Å². The number of aliphatic hydroxyl groups is 2. The van der Waals surface area contributed by atoms with Crippen molar-refractivity contribution in [1.82, 2.24) is 5.48 Å². The molecule has 6 nitrogen and oxygen atoms in total. The molecule has 0 rings (SSSR count). The summed E-state index contributed by atoms with van der Waals surface area (Å²) in [5, 5.41) is 25.0. The summed E-state index contributed by atoms with van der Waals surface area (Å²) in [6, 6.07) is 0. The summed E-state index contributed by atoms with van der Waals surface area (Å²) >= 11 is 0. The highest BCUT2D eigenvalue weighted by atomic mass is 16.8. The first-order valence-corrected chi connectivity index (χ1v) is 2.55. The molecule has 0 saturated carbocycles. The minimum absolute atomic E-state index is 1.08. The predicted octanol–water partition coefficient (Wildman–Crippen LogP) is -1.12. The van der Waals surface area contributed by atoms with Gasteiger partial charge in [0.2, 0.25) is 0 Å². The molecule has 0 aromatic heterocycles. The van der Waals surface area contributed by atoms with Gasteiger partial charge in [-0.25, -0.2) is 4.79 Å². The number of hydrogen-bond donors (Lipinski definition) is 4. The maximum atomic E-state index is 9.65. The molecule has 0 radical (unpaired) electrons. The highest BCUT2D eigenvalue weighted by Crippen LogP contribution is 1.86. The molecule has 0 aliphatic carbocycles. The smallest absolute Gasteiger partial charge is 0.448 e. The van der Waals surface area contributed by atoms with E-state index in [1.54, 1.807) is 5.48 Å². The zero-order valence-corrected chi connectivity index (χ0v) is 5.31. The molecule has 0 saturated heterocycles. The van der Waals surface area contributed by atoms with E-state index in [-0.39, 0.29) is 0 Å². The number of carboxylic acid groups (broad SMARTS) is 1. The maximum Gasteiger partial charge on any atom is 0.525 e. The zero-order chi connectivity index (χ0) is 8.15. The Kier molecular flexibility index (Phi) is 3.70. The summed E-state index contributed by atoms with van der Waals surface area (Å²) < 4.78 is 0. The van der Waals surface area contributed by atoms with Gasteiger partial charge in [0.25, 0.3) is 0 Å². The van der Waals surface area contributed by atoms with Crippen LogP contribution in [0.1, 0.15) is 6.92 Å². The average Bonchev–Trinajstić information content (AvgIpc) is 1.82. The molecule has 2 unspecified atom stereocenters. The van der Waals surface area contributed by atoms with E-state index in [1.165, 1.54) is 6.92 Å². The van der Waals surface area contributed by atoms with Crippen molar-refractivity contribution < 1.29 is 25.0 Å². The Bertz CT molecular complexity index is 114. The number of nitrogens with one attached hydrogen (secondary N) is 1. The van der Waals surface area contributed by atoms with Crippen LogP contribution in [0.3, 0.4) is 0 Å². The molecular weight excluding hydrogens is 142 g/mol. The lowest BCUT2D eigenvalue weighted by atomic mass is 10.4. The quantitative estimate of drug-likeness (QED) is 0.301. The molecule has 10 heavy (non-hydrogen) atoms. The van der Waals surface area contributed by atoms with E-state index in [0.717, 1.165) is 0 Å². The van der Waals surface area contributed by atoms with E-state index in [1.807, 2.05) is 0 Å². The summed E-state index contributed by atoms with van der Waals surface area (Å²) in [5.41, 5.74) is 1.69. The van der Waals surface area contributed by atoms with Crippen LogP contribution in [0.2, 0.25) is 0 Å². The summed E-state index contributed by atoms with van der Waals surface area (Å²) in [6.07, 6.45) is -4.05. The van der Waals surface area contributed by atoms with Crippen LogP contribution in [-0.2, 0) is 4.84 Å². The molecule has 6 heteroatoms. The SMILES string of the molecule is CC(O)C(O)NOC(=O)O. The minimum Gasteiger partial charge on any atom is -0.448 e. The molecule has 60 valence electrons. The summed E-state index contributed by atoms with van der Waals surface area (Å²) in [4.78, 5) is 13.4. The van der Waals surface area contributed by atoms with E-state index in [0.29, 0.717) is 0 Å². The molecule has 0 bridgehead atoms. The molecule has 0 aliphatic heterocycles. The van der Waals surface area contributed by atoms with Crippen LogP contribution < -0.4 is 5.48 Å². The van der Waals surface area contributed by atoms with Crippen molar-refractivity contribution in [3.63, 3.8) is 0 Å².